The van der Waals surface area contributed by atoms with Crippen LogP contribution in [-0.4, -0.2) is 38.6 Å². The summed E-state index contributed by atoms with van der Waals surface area (Å²) in [5.41, 5.74) is 11.9. The van der Waals surface area contributed by atoms with Crippen LogP contribution in [0, 0.1) is 0 Å². The van der Waals surface area contributed by atoms with Crippen LogP contribution in [0.15, 0.2) is 55.1 Å². The highest BCUT2D eigenvalue weighted by atomic mass is 16.5. The highest BCUT2D eigenvalue weighted by molar-refractivity contribution is 5.80. The lowest BCUT2D eigenvalue weighted by Gasteiger charge is -2.08. The number of aromatic amines is 1. The Balaban J connectivity index is 1.61. The minimum Gasteiger partial charge on any atom is -0.493 e. The molecule has 5 rings (SSSR count). The topological polar surface area (TPSA) is 103 Å². The third kappa shape index (κ3) is 2.82. The number of anilines is 1. The van der Waals surface area contributed by atoms with Gasteiger partial charge < -0.3 is 24.6 Å². The maximum Gasteiger partial charge on any atom is 0.180 e. The van der Waals surface area contributed by atoms with E-state index in [0.29, 0.717) is 23.0 Å². The Morgan fingerprint density at radius 1 is 0.931 bits per heavy atom. The van der Waals surface area contributed by atoms with E-state index < -0.39 is 0 Å². The molecule has 0 fully saturated rings. The SMILES string of the molecule is COc1ccc(-c2cn3cc(-c4cnc5cc[nH]c5c4)nc(N)c3n2)cc1OC. The summed E-state index contributed by atoms with van der Waals surface area (Å²) in [6.45, 7) is 0. The molecule has 0 saturated carbocycles. The first kappa shape index (κ1) is 17.1. The number of rotatable bonds is 4. The van der Waals surface area contributed by atoms with Crippen molar-refractivity contribution < 1.29 is 9.47 Å². The molecule has 0 radical (unpaired) electrons. The number of fused-ring (bicyclic) bond motifs is 2. The smallest absolute Gasteiger partial charge is 0.180 e. The summed E-state index contributed by atoms with van der Waals surface area (Å²) in [6.07, 6.45) is 7.46. The van der Waals surface area contributed by atoms with Crippen molar-refractivity contribution in [2.75, 3.05) is 20.0 Å². The number of imidazole rings is 1. The van der Waals surface area contributed by atoms with E-state index in [-0.39, 0.29) is 0 Å². The van der Waals surface area contributed by atoms with Gasteiger partial charge in [0, 0.05) is 35.9 Å². The van der Waals surface area contributed by atoms with Crippen molar-refractivity contribution in [1.29, 1.82) is 0 Å². The predicted molar refractivity (Wildman–Crippen MR) is 111 cm³/mol. The van der Waals surface area contributed by atoms with Crippen molar-refractivity contribution in [3.8, 4) is 34.0 Å². The van der Waals surface area contributed by atoms with E-state index in [2.05, 4.69) is 19.9 Å². The number of methoxy groups -OCH3 is 2. The van der Waals surface area contributed by atoms with E-state index in [1.165, 1.54) is 0 Å². The molecule has 1 aromatic carbocycles. The Hall–Kier alpha value is -4.07. The molecule has 0 aliphatic rings. The van der Waals surface area contributed by atoms with Gasteiger partial charge in [0.05, 0.1) is 36.6 Å². The fourth-order valence-corrected chi connectivity index (χ4v) is 3.37. The van der Waals surface area contributed by atoms with E-state index in [9.17, 15) is 0 Å². The molecule has 5 aromatic rings. The number of nitrogens with zero attached hydrogens (tertiary/aromatic N) is 4. The largest absolute Gasteiger partial charge is 0.493 e. The molecular formula is C21H18N6O2. The van der Waals surface area contributed by atoms with Crippen LogP contribution in [0.2, 0.25) is 0 Å². The molecule has 0 unspecified atom stereocenters. The number of H-pyrrole nitrogens is 1. The number of nitrogen functional groups attached to an aromatic ring is 1. The van der Waals surface area contributed by atoms with E-state index in [1.54, 1.807) is 20.4 Å². The Morgan fingerprint density at radius 2 is 1.72 bits per heavy atom. The Morgan fingerprint density at radius 3 is 2.52 bits per heavy atom. The number of pyridine rings is 1. The Labute approximate surface area is 166 Å². The number of benzene rings is 1. The second kappa shape index (κ2) is 6.52. The van der Waals surface area contributed by atoms with Gasteiger partial charge in [-0.25, -0.2) is 9.97 Å². The quantitative estimate of drug-likeness (QED) is 0.490. The van der Waals surface area contributed by atoms with Gasteiger partial charge in [-0.3, -0.25) is 4.98 Å². The molecule has 29 heavy (non-hydrogen) atoms. The van der Waals surface area contributed by atoms with Crippen LogP contribution in [0.25, 0.3) is 39.2 Å². The average molecular weight is 386 g/mol. The van der Waals surface area contributed by atoms with Gasteiger partial charge in [0.1, 0.15) is 0 Å². The first-order valence-electron chi connectivity index (χ1n) is 8.97. The zero-order valence-electron chi connectivity index (χ0n) is 15.9. The van der Waals surface area contributed by atoms with Gasteiger partial charge in [-0.05, 0) is 30.3 Å². The molecule has 8 heteroatoms. The lowest BCUT2D eigenvalue weighted by molar-refractivity contribution is 0.355. The number of nitrogens with one attached hydrogen (secondary N) is 1. The van der Waals surface area contributed by atoms with Crippen LogP contribution < -0.4 is 15.2 Å². The molecular weight excluding hydrogens is 368 g/mol. The van der Waals surface area contributed by atoms with E-state index >= 15 is 0 Å². The van der Waals surface area contributed by atoms with Crippen LogP contribution in [0.5, 0.6) is 11.5 Å². The summed E-state index contributed by atoms with van der Waals surface area (Å²) >= 11 is 0. The first-order chi connectivity index (χ1) is 14.2. The maximum absolute atomic E-state index is 6.21. The maximum atomic E-state index is 6.21. The number of nitrogens with two attached hydrogens (primary N) is 1. The van der Waals surface area contributed by atoms with Crippen molar-refractivity contribution >= 4 is 22.5 Å². The normalized spacial score (nSPS) is 11.2. The summed E-state index contributed by atoms with van der Waals surface area (Å²) in [6, 6.07) is 9.59. The number of hydrogen-bond donors (Lipinski definition) is 2. The summed E-state index contributed by atoms with van der Waals surface area (Å²) in [5, 5.41) is 0. The highest BCUT2D eigenvalue weighted by Crippen LogP contribution is 2.32. The summed E-state index contributed by atoms with van der Waals surface area (Å²) in [5.74, 6) is 1.65. The van der Waals surface area contributed by atoms with Gasteiger partial charge in [0.25, 0.3) is 0 Å². The lowest BCUT2D eigenvalue weighted by Crippen LogP contribution is -1.98. The van der Waals surface area contributed by atoms with Crippen molar-refractivity contribution in [3.63, 3.8) is 0 Å². The summed E-state index contributed by atoms with van der Waals surface area (Å²) < 4.78 is 12.6. The van der Waals surface area contributed by atoms with Gasteiger partial charge >= 0.3 is 0 Å². The molecule has 0 atom stereocenters. The molecule has 0 spiro atoms. The molecule has 0 amide bonds. The predicted octanol–water partition coefficient (Wildman–Crippen LogP) is 3.54. The van der Waals surface area contributed by atoms with Crippen LogP contribution in [0.4, 0.5) is 5.82 Å². The number of hydrogen-bond acceptors (Lipinski definition) is 6. The monoisotopic (exact) mass is 386 g/mol. The molecule has 0 aliphatic carbocycles. The highest BCUT2D eigenvalue weighted by Gasteiger charge is 2.13. The Kier molecular flexibility index (Phi) is 3.83. The second-order valence-corrected chi connectivity index (χ2v) is 6.57. The molecule has 144 valence electrons. The zero-order chi connectivity index (χ0) is 20.0. The van der Waals surface area contributed by atoms with Crippen molar-refractivity contribution in [2.45, 2.75) is 0 Å². The van der Waals surface area contributed by atoms with Gasteiger partial charge in [0.2, 0.25) is 0 Å². The van der Waals surface area contributed by atoms with Crippen molar-refractivity contribution in [3.05, 3.63) is 55.1 Å². The number of aromatic nitrogens is 5. The van der Waals surface area contributed by atoms with E-state index in [1.807, 2.05) is 53.3 Å². The van der Waals surface area contributed by atoms with Gasteiger partial charge in [-0.2, -0.15) is 0 Å². The first-order valence-corrected chi connectivity index (χ1v) is 8.97. The zero-order valence-corrected chi connectivity index (χ0v) is 15.9. The van der Waals surface area contributed by atoms with Crippen LogP contribution in [0.3, 0.4) is 0 Å². The molecule has 3 N–H and O–H groups in total. The number of ether oxygens (including phenoxy) is 2. The minimum absolute atomic E-state index is 0.348. The third-order valence-corrected chi connectivity index (χ3v) is 4.84. The molecule has 4 aromatic heterocycles. The fourth-order valence-electron chi connectivity index (χ4n) is 3.37. The summed E-state index contributed by atoms with van der Waals surface area (Å²) in [7, 11) is 3.21. The second-order valence-electron chi connectivity index (χ2n) is 6.57. The van der Waals surface area contributed by atoms with Crippen molar-refractivity contribution in [1.82, 2.24) is 24.3 Å². The molecule has 4 heterocycles. The van der Waals surface area contributed by atoms with Gasteiger partial charge in [-0.15, -0.1) is 0 Å². The van der Waals surface area contributed by atoms with Crippen LogP contribution in [0.1, 0.15) is 0 Å². The standard InChI is InChI=1S/C21H18N6O2/c1-28-18-4-3-12(8-19(18)29-2)16-10-27-11-17(25-20(22)21(27)26-16)13-7-15-14(24-9-13)5-6-23-15/h3-11,23H,1-2H3,(H2,22,25). The molecule has 0 saturated heterocycles. The van der Waals surface area contributed by atoms with Gasteiger partial charge in [-0.1, -0.05) is 0 Å². The third-order valence-electron chi connectivity index (χ3n) is 4.84. The molecule has 0 aliphatic heterocycles. The summed E-state index contributed by atoms with van der Waals surface area (Å²) in [4.78, 5) is 16.8. The minimum atomic E-state index is 0.348. The van der Waals surface area contributed by atoms with Crippen LogP contribution >= 0.6 is 0 Å². The van der Waals surface area contributed by atoms with E-state index in [4.69, 9.17) is 15.2 Å². The lowest BCUT2D eigenvalue weighted by atomic mass is 10.1. The average Bonchev–Trinajstić information content (AvgIpc) is 3.39. The van der Waals surface area contributed by atoms with Crippen LogP contribution in [-0.2, 0) is 0 Å². The van der Waals surface area contributed by atoms with Crippen molar-refractivity contribution in [2.24, 2.45) is 0 Å². The fraction of sp³-hybridized carbons (Fsp3) is 0.0952. The molecule has 8 nitrogen and oxygen atoms in total. The van der Waals surface area contributed by atoms with E-state index in [0.717, 1.165) is 33.5 Å². The molecule has 0 bridgehead atoms. The van der Waals surface area contributed by atoms with Gasteiger partial charge in [0.15, 0.2) is 23.0 Å². The Bertz CT molecular complexity index is 1350.